The second-order valence-corrected chi connectivity index (χ2v) is 6.85. The fourth-order valence-corrected chi connectivity index (χ4v) is 4.94. The summed E-state index contributed by atoms with van der Waals surface area (Å²) in [6, 6.07) is 8.74. The topological polar surface area (TPSA) is 37.4 Å². The van der Waals surface area contributed by atoms with E-state index in [2.05, 4.69) is 24.3 Å². The van der Waals surface area contributed by atoms with Gasteiger partial charge >= 0.3 is 0 Å². The molecule has 0 N–H and O–H groups in total. The predicted molar refractivity (Wildman–Crippen MR) is 79.6 cm³/mol. The first kappa shape index (κ1) is 13.1. The first-order valence-electron chi connectivity index (χ1n) is 8.05. The molecule has 2 amide bonds. The van der Waals surface area contributed by atoms with Crippen LogP contribution in [0.15, 0.2) is 24.3 Å². The molecule has 0 aromatic heterocycles. The highest BCUT2D eigenvalue weighted by Gasteiger charge is 2.49. The Bertz CT molecular complexity index is 609. The minimum atomic E-state index is 0.0146. The number of carbonyl (C=O) groups excluding carboxylic acids is 2. The molecule has 4 unspecified atom stereocenters. The zero-order valence-electron chi connectivity index (χ0n) is 12.4. The van der Waals surface area contributed by atoms with E-state index in [4.69, 9.17) is 0 Å². The Kier molecular flexibility index (Phi) is 2.91. The van der Waals surface area contributed by atoms with E-state index >= 15 is 0 Å². The smallest absolute Gasteiger partial charge is 0.232 e. The van der Waals surface area contributed by atoms with E-state index in [9.17, 15) is 9.59 Å². The van der Waals surface area contributed by atoms with Crippen LogP contribution in [-0.2, 0) is 16.0 Å². The number of hydrogen-bond acceptors (Lipinski definition) is 2. The van der Waals surface area contributed by atoms with Crippen molar-refractivity contribution in [2.75, 3.05) is 7.05 Å². The molecule has 1 saturated heterocycles. The maximum atomic E-state index is 12.4. The third-order valence-corrected chi connectivity index (χ3v) is 6.01. The first-order chi connectivity index (χ1) is 10.2. The summed E-state index contributed by atoms with van der Waals surface area (Å²) >= 11 is 0. The number of carbonyl (C=O) groups is 2. The zero-order valence-corrected chi connectivity index (χ0v) is 12.4. The van der Waals surface area contributed by atoms with E-state index in [1.807, 2.05) is 0 Å². The highest BCUT2D eigenvalue weighted by molar-refractivity contribution is 5.99. The van der Waals surface area contributed by atoms with Crippen LogP contribution in [0, 0.1) is 17.8 Å². The monoisotopic (exact) mass is 283 g/mol. The van der Waals surface area contributed by atoms with Crippen molar-refractivity contribution in [1.29, 1.82) is 0 Å². The Balaban J connectivity index is 1.69. The van der Waals surface area contributed by atoms with Gasteiger partial charge in [-0.25, -0.2) is 0 Å². The summed E-state index contributed by atoms with van der Waals surface area (Å²) in [4.78, 5) is 25.8. The van der Waals surface area contributed by atoms with Gasteiger partial charge in [-0.1, -0.05) is 24.3 Å². The molecule has 4 rings (SSSR count). The SMILES string of the molecule is CN1C(=O)CC2C(CCC3c4ccccc4CCC32)C1=O. The predicted octanol–water partition coefficient (Wildman–Crippen LogP) is 2.75. The number of fused-ring (bicyclic) bond motifs is 5. The van der Waals surface area contributed by atoms with Crippen LogP contribution < -0.4 is 0 Å². The van der Waals surface area contributed by atoms with Gasteiger partial charge in [-0.3, -0.25) is 14.5 Å². The lowest BCUT2D eigenvalue weighted by Gasteiger charge is -2.48. The highest BCUT2D eigenvalue weighted by Crippen LogP contribution is 2.52. The minimum absolute atomic E-state index is 0.0146. The molecule has 3 aliphatic rings. The molecule has 2 aliphatic carbocycles. The normalized spacial score (nSPS) is 35.0. The Morgan fingerprint density at radius 1 is 1.00 bits per heavy atom. The fraction of sp³-hybridized carbons (Fsp3) is 0.556. The van der Waals surface area contributed by atoms with Crippen LogP contribution in [0.5, 0.6) is 0 Å². The molecule has 4 atom stereocenters. The molecule has 1 aromatic rings. The van der Waals surface area contributed by atoms with Gasteiger partial charge in [0.25, 0.3) is 0 Å². The average molecular weight is 283 g/mol. The van der Waals surface area contributed by atoms with Crippen molar-refractivity contribution >= 4 is 11.8 Å². The molecule has 1 aliphatic heterocycles. The molecule has 0 spiro atoms. The maximum absolute atomic E-state index is 12.4. The summed E-state index contributed by atoms with van der Waals surface area (Å²) in [6.07, 6.45) is 4.83. The molecule has 21 heavy (non-hydrogen) atoms. The van der Waals surface area contributed by atoms with Crippen molar-refractivity contribution in [1.82, 2.24) is 4.90 Å². The van der Waals surface area contributed by atoms with Crippen LogP contribution in [0.3, 0.4) is 0 Å². The molecule has 0 radical (unpaired) electrons. The summed E-state index contributed by atoms with van der Waals surface area (Å²) in [6.45, 7) is 0. The van der Waals surface area contributed by atoms with Gasteiger partial charge in [-0.15, -0.1) is 0 Å². The van der Waals surface area contributed by atoms with Gasteiger partial charge in [0.2, 0.25) is 11.8 Å². The lowest BCUT2D eigenvalue weighted by molar-refractivity contribution is -0.156. The lowest BCUT2D eigenvalue weighted by Crippen LogP contribution is -2.52. The molecule has 1 heterocycles. The number of likely N-dealkylation sites (tertiary alicyclic amines) is 1. The molecule has 3 nitrogen and oxygen atoms in total. The van der Waals surface area contributed by atoms with Gasteiger partial charge in [0, 0.05) is 19.4 Å². The highest BCUT2D eigenvalue weighted by atomic mass is 16.2. The lowest BCUT2D eigenvalue weighted by atomic mass is 9.58. The summed E-state index contributed by atoms with van der Waals surface area (Å²) in [5, 5.41) is 0. The van der Waals surface area contributed by atoms with E-state index in [0.717, 1.165) is 25.7 Å². The summed E-state index contributed by atoms with van der Waals surface area (Å²) in [5.41, 5.74) is 2.95. The fourth-order valence-electron chi connectivity index (χ4n) is 4.94. The van der Waals surface area contributed by atoms with E-state index in [1.165, 1.54) is 16.0 Å². The van der Waals surface area contributed by atoms with Crippen molar-refractivity contribution in [3.05, 3.63) is 35.4 Å². The molecule has 3 heteroatoms. The van der Waals surface area contributed by atoms with Crippen molar-refractivity contribution < 1.29 is 9.59 Å². The molecular formula is C18H21NO2. The number of nitrogens with zero attached hydrogens (tertiary/aromatic N) is 1. The molecule has 1 aromatic carbocycles. The van der Waals surface area contributed by atoms with Crippen molar-refractivity contribution in [2.24, 2.45) is 17.8 Å². The number of hydrogen-bond donors (Lipinski definition) is 0. The van der Waals surface area contributed by atoms with Gasteiger partial charge in [0.1, 0.15) is 0 Å². The minimum Gasteiger partial charge on any atom is -0.286 e. The first-order valence-corrected chi connectivity index (χ1v) is 8.05. The number of rotatable bonds is 0. The van der Waals surface area contributed by atoms with E-state index in [1.54, 1.807) is 7.05 Å². The third kappa shape index (κ3) is 1.86. The Morgan fingerprint density at radius 2 is 1.76 bits per heavy atom. The Hall–Kier alpha value is -1.64. The molecule has 2 fully saturated rings. The van der Waals surface area contributed by atoms with Crippen LogP contribution >= 0.6 is 0 Å². The largest absolute Gasteiger partial charge is 0.286 e. The summed E-state index contributed by atoms with van der Waals surface area (Å²) in [7, 11) is 1.64. The molecule has 110 valence electrons. The summed E-state index contributed by atoms with van der Waals surface area (Å²) < 4.78 is 0. The summed E-state index contributed by atoms with van der Waals surface area (Å²) in [5.74, 6) is 1.50. The van der Waals surface area contributed by atoms with E-state index in [-0.39, 0.29) is 23.7 Å². The molecular weight excluding hydrogens is 262 g/mol. The van der Waals surface area contributed by atoms with E-state index < -0.39 is 0 Å². The number of aryl methyl sites for hydroxylation is 1. The van der Waals surface area contributed by atoms with Gasteiger partial charge < -0.3 is 0 Å². The van der Waals surface area contributed by atoms with Crippen LogP contribution in [-0.4, -0.2) is 23.8 Å². The third-order valence-electron chi connectivity index (χ3n) is 6.01. The van der Waals surface area contributed by atoms with Crippen LogP contribution in [0.1, 0.15) is 42.7 Å². The molecule has 1 saturated carbocycles. The number of amides is 2. The average Bonchev–Trinajstić information content (AvgIpc) is 2.52. The van der Waals surface area contributed by atoms with Gasteiger partial charge in [0.15, 0.2) is 0 Å². The van der Waals surface area contributed by atoms with Crippen molar-refractivity contribution in [2.45, 2.75) is 38.0 Å². The van der Waals surface area contributed by atoms with Gasteiger partial charge in [-0.2, -0.15) is 0 Å². The van der Waals surface area contributed by atoms with Crippen molar-refractivity contribution in [3.8, 4) is 0 Å². The van der Waals surface area contributed by atoms with E-state index in [0.29, 0.717) is 18.3 Å². The second-order valence-electron chi connectivity index (χ2n) is 6.85. The molecule has 0 bridgehead atoms. The second kappa shape index (κ2) is 4.69. The number of imide groups is 1. The Labute approximate surface area is 125 Å². The Morgan fingerprint density at radius 3 is 2.62 bits per heavy atom. The van der Waals surface area contributed by atoms with Crippen LogP contribution in [0.25, 0.3) is 0 Å². The quantitative estimate of drug-likeness (QED) is 0.687. The zero-order chi connectivity index (χ0) is 14.6. The van der Waals surface area contributed by atoms with Gasteiger partial charge in [-0.05, 0) is 54.6 Å². The number of benzene rings is 1. The standard InChI is InChI=1S/C18H21NO2/c1-19-17(20)10-16-14-7-6-11-4-2-3-5-12(11)13(14)8-9-15(16)18(19)21/h2-5,13-16H,6-10H2,1H3. The van der Waals surface area contributed by atoms with Crippen LogP contribution in [0.2, 0.25) is 0 Å². The number of piperidine rings is 1. The van der Waals surface area contributed by atoms with Crippen LogP contribution in [0.4, 0.5) is 0 Å². The van der Waals surface area contributed by atoms with Crippen molar-refractivity contribution in [3.63, 3.8) is 0 Å². The maximum Gasteiger partial charge on any atom is 0.232 e. The van der Waals surface area contributed by atoms with Gasteiger partial charge in [0.05, 0.1) is 0 Å².